The molecule has 1 heterocycles. The second-order valence-corrected chi connectivity index (χ2v) is 7.12. The highest BCUT2D eigenvalue weighted by atomic mass is 32.1. The van der Waals surface area contributed by atoms with Crippen LogP contribution in [0.5, 0.6) is 0 Å². The topological polar surface area (TPSA) is 105 Å². The molecular formula is C21H20N4O4S. The van der Waals surface area contributed by atoms with Gasteiger partial charge in [-0.2, -0.15) is 0 Å². The second kappa shape index (κ2) is 9.75. The average molecular weight is 424 g/mol. The molecule has 0 atom stereocenters. The fourth-order valence-electron chi connectivity index (χ4n) is 3.06. The van der Waals surface area contributed by atoms with Crippen molar-refractivity contribution in [3.05, 3.63) is 75.8 Å². The number of anilines is 1. The van der Waals surface area contributed by atoms with Crippen LogP contribution in [0.3, 0.4) is 0 Å². The maximum Gasteiger partial charge on any atom is 0.270 e. The Bertz CT molecular complexity index is 1020. The fourth-order valence-corrected chi connectivity index (χ4v) is 3.28. The molecule has 30 heavy (non-hydrogen) atoms. The molecule has 0 radical (unpaired) electrons. The van der Waals surface area contributed by atoms with Crippen molar-refractivity contribution in [2.24, 2.45) is 0 Å². The summed E-state index contributed by atoms with van der Waals surface area (Å²) >= 11 is 5.15. The Labute approximate surface area is 178 Å². The first-order valence-corrected chi connectivity index (χ1v) is 9.77. The van der Waals surface area contributed by atoms with Gasteiger partial charge in [-0.15, -0.1) is 0 Å². The molecule has 1 fully saturated rings. The summed E-state index contributed by atoms with van der Waals surface area (Å²) in [5.41, 5.74) is 1.61. The van der Waals surface area contributed by atoms with Gasteiger partial charge in [0.05, 0.1) is 4.92 Å². The predicted molar refractivity (Wildman–Crippen MR) is 118 cm³/mol. The number of nitro benzene ring substituents is 1. The molecule has 2 aromatic rings. The average Bonchev–Trinajstić information content (AvgIpc) is 3.27. The van der Waals surface area contributed by atoms with Crippen molar-refractivity contribution in [1.29, 1.82) is 0 Å². The van der Waals surface area contributed by atoms with E-state index in [4.69, 9.17) is 12.2 Å². The molecule has 3 rings (SSSR count). The van der Waals surface area contributed by atoms with E-state index in [0.29, 0.717) is 16.8 Å². The van der Waals surface area contributed by atoms with E-state index in [1.165, 1.54) is 24.3 Å². The summed E-state index contributed by atoms with van der Waals surface area (Å²) in [7, 11) is 0. The van der Waals surface area contributed by atoms with E-state index in [1.807, 2.05) is 4.90 Å². The molecule has 1 aliphatic rings. The Morgan fingerprint density at radius 1 is 1.10 bits per heavy atom. The van der Waals surface area contributed by atoms with Crippen molar-refractivity contribution in [3.63, 3.8) is 0 Å². The van der Waals surface area contributed by atoms with E-state index in [9.17, 15) is 19.7 Å². The van der Waals surface area contributed by atoms with Gasteiger partial charge in [0.2, 0.25) is 5.91 Å². The monoisotopic (exact) mass is 424 g/mol. The summed E-state index contributed by atoms with van der Waals surface area (Å²) in [6.07, 6.45) is 4.73. The lowest BCUT2D eigenvalue weighted by Crippen LogP contribution is -2.33. The minimum Gasteiger partial charge on any atom is -0.339 e. The van der Waals surface area contributed by atoms with Crippen LogP contribution < -0.4 is 10.6 Å². The van der Waals surface area contributed by atoms with E-state index in [-0.39, 0.29) is 16.7 Å². The summed E-state index contributed by atoms with van der Waals surface area (Å²) in [6.45, 7) is 1.53. The molecular weight excluding hydrogens is 404 g/mol. The minimum absolute atomic E-state index is 0.0222. The largest absolute Gasteiger partial charge is 0.339 e. The summed E-state index contributed by atoms with van der Waals surface area (Å²) in [6, 6.07) is 12.9. The molecule has 0 saturated carbocycles. The first kappa shape index (κ1) is 21.1. The number of hydrogen-bond acceptors (Lipinski definition) is 5. The van der Waals surface area contributed by atoms with Gasteiger partial charge in [0.25, 0.3) is 11.6 Å². The molecule has 0 bridgehead atoms. The Hall–Kier alpha value is -3.59. The Kier molecular flexibility index (Phi) is 6.87. The molecule has 0 unspecified atom stereocenters. The molecule has 8 nitrogen and oxygen atoms in total. The standard InChI is InChI=1S/C21H20N4O4S/c26-19(10-9-15-5-3-8-18(13-15)25(28)29)23-21(30)22-17-7-4-6-16(14-17)20(27)24-11-1-2-12-24/h3-10,13-14H,1-2,11-12H2,(H2,22,23,26,30)/b10-9+. The van der Waals surface area contributed by atoms with Gasteiger partial charge in [0, 0.05) is 42.5 Å². The van der Waals surface area contributed by atoms with Crippen molar-refractivity contribution in [2.45, 2.75) is 12.8 Å². The number of carbonyl (C=O) groups excluding carboxylic acids is 2. The van der Waals surface area contributed by atoms with Crippen molar-refractivity contribution in [1.82, 2.24) is 10.2 Å². The fraction of sp³-hybridized carbons (Fsp3) is 0.190. The quantitative estimate of drug-likeness (QED) is 0.330. The maximum atomic E-state index is 12.5. The summed E-state index contributed by atoms with van der Waals surface area (Å²) in [5.74, 6) is -0.505. The number of likely N-dealkylation sites (tertiary alicyclic amines) is 1. The van der Waals surface area contributed by atoms with Crippen LogP contribution in [-0.4, -0.2) is 39.8 Å². The van der Waals surface area contributed by atoms with E-state index < -0.39 is 10.8 Å². The van der Waals surface area contributed by atoms with Crippen LogP contribution in [0, 0.1) is 10.1 Å². The van der Waals surface area contributed by atoms with Gasteiger partial charge in [-0.3, -0.25) is 25.0 Å². The Balaban J connectivity index is 1.57. The van der Waals surface area contributed by atoms with Gasteiger partial charge in [0.1, 0.15) is 0 Å². The molecule has 2 aromatic carbocycles. The number of non-ortho nitro benzene ring substituents is 1. The Morgan fingerprint density at radius 3 is 2.57 bits per heavy atom. The third-order valence-corrected chi connectivity index (χ3v) is 4.71. The van der Waals surface area contributed by atoms with Crippen molar-refractivity contribution in [3.8, 4) is 0 Å². The van der Waals surface area contributed by atoms with Crippen molar-refractivity contribution in [2.75, 3.05) is 18.4 Å². The van der Waals surface area contributed by atoms with Crippen LogP contribution >= 0.6 is 12.2 Å². The first-order chi connectivity index (χ1) is 14.4. The maximum absolute atomic E-state index is 12.5. The molecule has 154 valence electrons. The second-order valence-electron chi connectivity index (χ2n) is 6.71. The molecule has 0 aromatic heterocycles. The number of nitrogens with zero attached hydrogens (tertiary/aromatic N) is 2. The van der Waals surface area contributed by atoms with Gasteiger partial charge in [0.15, 0.2) is 5.11 Å². The van der Waals surface area contributed by atoms with Gasteiger partial charge >= 0.3 is 0 Å². The molecule has 0 spiro atoms. The van der Waals surface area contributed by atoms with Crippen molar-refractivity contribution >= 4 is 46.6 Å². The number of thiocarbonyl (C=S) groups is 1. The van der Waals surface area contributed by atoms with E-state index >= 15 is 0 Å². The zero-order valence-corrected chi connectivity index (χ0v) is 16.9. The predicted octanol–water partition coefficient (Wildman–Crippen LogP) is 3.36. The van der Waals surface area contributed by atoms with Crippen LogP contribution in [0.2, 0.25) is 0 Å². The molecule has 2 N–H and O–H groups in total. The molecule has 1 saturated heterocycles. The zero-order valence-electron chi connectivity index (χ0n) is 16.0. The number of amides is 2. The van der Waals surface area contributed by atoms with Gasteiger partial charge in [-0.25, -0.2) is 0 Å². The highest BCUT2D eigenvalue weighted by molar-refractivity contribution is 7.80. The minimum atomic E-state index is -0.501. The van der Waals surface area contributed by atoms with Crippen LogP contribution in [-0.2, 0) is 4.79 Å². The summed E-state index contributed by atoms with van der Waals surface area (Å²) in [5, 5.41) is 16.3. The SMILES string of the molecule is O=C(/C=C/c1cccc([N+](=O)[O-])c1)NC(=S)Nc1cccc(C(=O)N2CCCC2)c1. The molecule has 0 aliphatic carbocycles. The number of benzene rings is 2. The third kappa shape index (κ3) is 5.71. The van der Waals surface area contributed by atoms with Crippen LogP contribution in [0.15, 0.2) is 54.6 Å². The highest BCUT2D eigenvalue weighted by Gasteiger charge is 2.19. The van der Waals surface area contributed by atoms with Gasteiger partial charge in [-0.05, 0) is 54.9 Å². The smallest absolute Gasteiger partial charge is 0.270 e. The van der Waals surface area contributed by atoms with Crippen LogP contribution in [0.25, 0.3) is 6.08 Å². The van der Waals surface area contributed by atoms with Gasteiger partial charge in [-0.1, -0.05) is 18.2 Å². The molecule has 9 heteroatoms. The zero-order chi connectivity index (χ0) is 21.5. The lowest BCUT2D eigenvalue weighted by atomic mass is 10.2. The van der Waals surface area contributed by atoms with Crippen LogP contribution in [0.1, 0.15) is 28.8 Å². The number of rotatable bonds is 5. The first-order valence-electron chi connectivity index (χ1n) is 9.36. The van der Waals surface area contributed by atoms with E-state index in [0.717, 1.165) is 25.9 Å². The lowest BCUT2D eigenvalue weighted by molar-refractivity contribution is -0.384. The van der Waals surface area contributed by atoms with E-state index in [1.54, 1.807) is 36.4 Å². The number of carbonyl (C=O) groups is 2. The van der Waals surface area contributed by atoms with Crippen molar-refractivity contribution < 1.29 is 14.5 Å². The van der Waals surface area contributed by atoms with Gasteiger partial charge < -0.3 is 10.2 Å². The Morgan fingerprint density at radius 2 is 1.83 bits per heavy atom. The van der Waals surface area contributed by atoms with E-state index in [2.05, 4.69) is 10.6 Å². The lowest BCUT2D eigenvalue weighted by Gasteiger charge is -2.16. The molecule has 2 amide bonds. The number of nitrogens with one attached hydrogen (secondary N) is 2. The normalized spacial score (nSPS) is 13.3. The van der Waals surface area contributed by atoms with Crippen LogP contribution in [0.4, 0.5) is 11.4 Å². The third-order valence-electron chi connectivity index (χ3n) is 4.51. The molecule has 1 aliphatic heterocycles. The number of hydrogen-bond donors (Lipinski definition) is 2. The summed E-state index contributed by atoms with van der Waals surface area (Å²) in [4.78, 5) is 36.7. The number of nitro groups is 1. The summed E-state index contributed by atoms with van der Waals surface area (Å²) < 4.78 is 0. The highest BCUT2D eigenvalue weighted by Crippen LogP contribution is 2.17.